The van der Waals surface area contributed by atoms with Crippen molar-refractivity contribution in [3.8, 4) is 11.5 Å². The Balaban J connectivity index is 2.19. The van der Waals surface area contributed by atoms with E-state index in [1.54, 1.807) is 7.11 Å². The molecule has 2 rings (SSSR count). The van der Waals surface area contributed by atoms with E-state index in [0.29, 0.717) is 6.61 Å². The topological polar surface area (TPSA) is 30.8 Å². The molecule has 0 atom stereocenters. The molecule has 0 aromatic heterocycles. The van der Waals surface area contributed by atoms with Gasteiger partial charge in [-0.1, -0.05) is 25.1 Å². The number of methoxy groups -OCH3 is 1. The van der Waals surface area contributed by atoms with Crippen molar-refractivity contribution in [2.24, 2.45) is 4.99 Å². The third-order valence-corrected chi connectivity index (χ3v) is 3.12. The highest BCUT2D eigenvalue weighted by molar-refractivity contribution is 5.83. The lowest BCUT2D eigenvalue weighted by Crippen LogP contribution is -1.98. The summed E-state index contributed by atoms with van der Waals surface area (Å²) in [6.45, 7) is 4.82. The molecular formula is C18H21NO2. The van der Waals surface area contributed by atoms with Gasteiger partial charge in [0.15, 0.2) is 11.5 Å². The molecule has 2 aromatic rings. The van der Waals surface area contributed by atoms with E-state index in [1.807, 2.05) is 42.6 Å². The minimum atomic E-state index is 0.688. The van der Waals surface area contributed by atoms with Crippen molar-refractivity contribution in [2.45, 2.75) is 20.3 Å². The first-order valence-corrected chi connectivity index (χ1v) is 7.15. The van der Waals surface area contributed by atoms with Gasteiger partial charge in [-0.2, -0.15) is 0 Å². The summed E-state index contributed by atoms with van der Waals surface area (Å²) in [7, 11) is 1.65. The Kier molecular flexibility index (Phi) is 5.38. The van der Waals surface area contributed by atoms with Crippen molar-refractivity contribution in [1.29, 1.82) is 0 Å². The number of nitrogens with zero attached hydrogens (tertiary/aromatic N) is 1. The summed E-state index contributed by atoms with van der Waals surface area (Å²) in [5, 5.41) is 0. The number of para-hydroxylation sites is 1. The number of hydrogen-bond acceptors (Lipinski definition) is 3. The number of rotatable bonds is 6. The molecule has 0 heterocycles. The molecule has 0 aliphatic heterocycles. The van der Waals surface area contributed by atoms with Crippen LogP contribution >= 0.6 is 0 Å². The average molecular weight is 283 g/mol. The minimum absolute atomic E-state index is 0.688. The molecule has 0 fully saturated rings. The number of ether oxygens (including phenoxy) is 2. The van der Waals surface area contributed by atoms with Gasteiger partial charge in [-0.15, -0.1) is 0 Å². The molecule has 3 heteroatoms. The van der Waals surface area contributed by atoms with Gasteiger partial charge < -0.3 is 9.47 Å². The SMILES string of the molecule is CCCOc1ccc(C=Nc2ccccc2C)cc1OC. The fourth-order valence-electron chi connectivity index (χ4n) is 1.95. The maximum atomic E-state index is 5.64. The summed E-state index contributed by atoms with van der Waals surface area (Å²) < 4.78 is 11.0. The van der Waals surface area contributed by atoms with E-state index < -0.39 is 0 Å². The number of benzene rings is 2. The number of aliphatic imine (C=N–C) groups is 1. The molecule has 0 aliphatic carbocycles. The van der Waals surface area contributed by atoms with Crippen LogP contribution in [0.5, 0.6) is 11.5 Å². The van der Waals surface area contributed by atoms with Crippen molar-refractivity contribution in [1.82, 2.24) is 0 Å². The summed E-state index contributed by atoms with van der Waals surface area (Å²) in [6, 6.07) is 13.9. The zero-order chi connectivity index (χ0) is 15.1. The first-order valence-electron chi connectivity index (χ1n) is 7.15. The zero-order valence-corrected chi connectivity index (χ0v) is 12.8. The van der Waals surface area contributed by atoms with E-state index in [2.05, 4.69) is 24.9 Å². The van der Waals surface area contributed by atoms with Crippen LogP contribution in [0.4, 0.5) is 5.69 Å². The molecule has 110 valence electrons. The van der Waals surface area contributed by atoms with Gasteiger partial charge in [0.05, 0.1) is 19.4 Å². The summed E-state index contributed by atoms with van der Waals surface area (Å²) in [6.07, 6.45) is 2.81. The van der Waals surface area contributed by atoms with Gasteiger partial charge >= 0.3 is 0 Å². The van der Waals surface area contributed by atoms with E-state index in [-0.39, 0.29) is 0 Å². The highest BCUT2D eigenvalue weighted by Crippen LogP contribution is 2.28. The molecule has 2 aromatic carbocycles. The first kappa shape index (κ1) is 15.1. The summed E-state index contributed by atoms with van der Waals surface area (Å²) >= 11 is 0. The number of aryl methyl sites for hydroxylation is 1. The first-order chi connectivity index (χ1) is 10.2. The van der Waals surface area contributed by atoms with E-state index in [4.69, 9.17) is 9.47 Å². The van der Waals surface area contributed by atoms with Crippen LogP contribution in [0, 0.1) is 6.92 Å². The van der Waals surface area contributed by atoms with Gasteiger partial charge in [0.1, 0.15) is 0 Å². The Hall–Kier alpha value is -2.29. The molecule has 0 bridgehead atoms. The summed E-state index contributed by atoms with van der Waals surface area (Å²) in [4.78, 5) is 4.52. The smallest absolute Gasteiger partial charge is 0.161 e. The molecule has 3 nitrogen and oxygen atoms in total. The highest BCUT2D eigenvalue weighted by atomic mass is 16.5. The molecule has 0 saturated carbocycles. The van der Waals surface area contributed by atoms with Gasteiger partial charge in [0.2, 0.25) is 0 Å². The van der Waals surface area contributed by atoms with Gasteiger partial charge in [0, 0.05) is 6.21 Å². The predicted molar refractivity (Wildman–Crippen MR) is 87.2 cm³/mol. The minimum Gasteiger partial charge on any atom is -0.493 e. The molecule has 21 heavy (non-hydrogen) atoms. The Labute approximate surface area is 126 Å². The van der Waals surface area contributed by atoms with E-state index in [9.17, 15) is 0 Å². The van der Waals surface area contributed by atoms with Crippen molar-refractivity contribution >= 4 is 11.9 Å². The summed E-state index contributed by atoms with van der Waals surface area (Å²) in [5.74, 6) is 1.50. The Bertz CT molecular complexity index is 620. The van der Waals surface area contributed by atoms with Gasteiger partial charge in [-0.05, 0) is 48.7 Å². The zero-order valence-electron chi connectivity index (χ0n) is 12.8. The molecule has 0 spiro atoms. The normalized spacial score (nSPS) is 10.8. The fraction of sp³-hybridized carbons (Fsp3) is 0.278. The van der Waals surface area contributed by atoms with Crippen molar-refractivity contribution in [2.75, 3.05) is 13.7 Å². The Morgan fingerprint density at radius 3 is 2.62 bits per heavy atom. The van der Waals surface area contributed by atoms with Crippen LogP contribution in [0.1, 0.15) is 24.5 Å². The average Bonchev–Trinajstić information content (AvgIpc) is 2.52. The molecule has 0 saturated heterocycles. The van der Waals surface area contributed by atoms with Crippen LogP contribution in [-0.2, 0) is 0 Å². The van der Waals surface area contributed by atoms with Crippen LogP contribution in [0.15, 0.2) is 47.5 Å². The lowest BCUT2D eigenvalue weighted by Gasteiger charge is -2.10. The molecule has 0 unspecified atom stereocenters. The lowest BCUT2D eigenvalue weighted by molar-refractivity contribution is 0.294. The largest absolute Gasteiger partial charge is 0.493 e. The Morgan fingerprint density at radius 1 is 1.10 bits per heavy atom. The summed E-state index contributed by atoms with van der Waals surface area (Å²) in [5.41, 5.74) is 3.12. The van der Waals surface area contributed by atoms with Gasteiger partial charge in [-0.25, -0.2) is 0 Å². The second kappa shape index (κ2) is 7.48. The van der Waals surface area contributed by atoms with Gasteiger partial charge in [-0.3, -0.25) is 4.99 Å². The second-order valence-electron chi connectivity index (χ2n) is 4.80. The highest BCUT2D eigenvalue weighted by Gasteiger charge is 2.04. The monoisotopic (exact) mass is 283 g/mol. The molecule has 0 N–H and O–H groups in total. The maximum Gasteiger partial charge on any atom is 0.161 e. The third-order valence-electron chi connectivity index (χ3n) is 3.12. The standard InChI is InChI=1S/C18H21NO2/c1-4-11-21-17-10-9-15(12-18(17)20-3)13-19-16-8-6-5-7-14(16)2/h5-10,12-13H,4,11H2,1-3H3. The maximum absolute atomic E-state index is 5.64. The molecule has 0 aliphatic rings. The predicted octanol–water partition coefficient (Wildman–Crippen LogP) is 4.54. The van der Waals surface area contributed by atoms with Crippen molar-refractivity contribution in [3.63, 3.8) is 0 Å². The number of hydrogen-bond donors (Lipinski definition) is 0. The van der Waals surface area contributed by atoms with Crippen molar-refractivity contribution in [3.05, 3.63) is 53.6 Å². The van der Waals surface area contributed by atoms with E-state index in [0.717, 1.165) is 34.7 Å². The van der Waals surface area contributed by atoms with Crippen LogP contribution in [0.3, 0.4) is 0 Å². The fourth-order valence-corrected chi connectivity index (χ4v) is 1.95. The van der Waals surface area contributed by atoms with Crippen LogP contribution in [0.25, 0.3) is 0 Å². The van der Waals surface area contributed by atoms with E-state index in [1.165, 1.54) is 0 Å². The Morgan fingerprint density at radius 2 is 1.90 bits per heavy atom. The quantitative estimate of drug-likeness (QED) is 0.728. The second-order valence-corrected chi connectivity index (χ2v) is 4.80. The third kappa shape index (κ3) is 4.09. The van der Waals surface area contributed by atoms with Gasteiger partial charge in [0.25, 0.3) is 0 Å². The molecule has 0 radical (unpaired) electrons. The van der Waals surface area contributed by atoms with E-state index >= 15 is 0 Å². The van der Waals surface area contributed by atoms with Crippen LogP contribution in [0.2, 0.25) is 0 Å². The van der Waals surface area contributed by atoms with Crippen LogP contribution in [-0.4, -0.2) is 19.9 Å². The van der Waals surface area contributed by atoms with Crippen molar-refractivity contribution < 1.29 is 9.47 Å². The van der Waals surface area contributed by atoms with Crippen LogP contribution < -0.4 is 9.47 Å². The molecule has 0 amide bonds. The lowest BCUT2D eigenvalue weighted by atomic mass is 10.2. The molecular weight excluding hydrogens is 262 g/mol.